The molecule has 4 nitrogen and oxygen atoms in total. The summed E-state index contributed by atoms with van der Waals surface area (Å²) >= 11 is 0. The largest absolute Gasteiger partial charge is 0.340 e. The molecule has 1 N–H and O–H groups in total. The summed E-state index contributed by atoms with van der Waals surface area (Å²) in [5, 5.41) is 2.91. The number of piperazine rings is 1. The summed E-state index contributed by atoms with van der Waals surface area (Å²) in [6, 6.07) is -0.272. The van der Waals surface area contributed by atoms with E-state index in [4.69, 9.17) is 0 Å². The van der Waals surface area contributed by atoms with Gasteiger partial charge in [-0.25, -0.2) is 0 Å². The minimum absolute atomic E-state index is 0.0253. The molecule has 0 aromatic rings. The van der Waals surface area contributed by atoms with Crippen molar-refractivity contribution in [1.29, 1.82) is 0 Å². The third-order valence-corrected chi connectivity index (χ3v) is 3.81. The van der Waals surface area contributed by atoms with Gasteiger partial charge in [0, 0.05) is 6.04 Å². The van der Waals surface area contributed by atoms with E-state index in [1.807, 2.05) is 20.8 Å². The molecule has 1 saturated carbocycles. The zero-order chi connectivity index (χ0) is 12.1. The van der Waals surface area contributed by atoms with Gasteiger partial charge in [-0.2, -0.15) is 0 Å². The fraction of sp³-hybridized carbons (Fsp3) is 0.833. The molecule has 2 unspecified atom stereocenters. The van der Waals surface area contributed by atoms with Crippen molar-refractivity contribution in [3.8, 4) is 0 Å². The minimum Gasteiger partial charge on any atom is -0.340 e. The Bertz CT molecular complexity index is 336. The summed E-state index contributed by atoms with van der Waals surface area (Å²) in [6.45, 7) is 7.58. The normalized spacial score (nSPS) is 35.6. The molecule has 2 rings (SSSR count). The van der Waals surface area contributed by atoms with Crippen molar-refractivity contribution in [3.05, 3.63) is 0 Å². The van der Waals surface area contributed by atoms with Crippen LogP contribution in [0.15, 0.2) is 0 Å². The highest BCUT2D eigenvalue weighted by Gasteiger charge is 2.54. The molecule has 90 valence electrons. The molecule has 0 spiro atoms. The molecule has 16 heavy (non-hydrogen) atoms. The molecule has 0 aromatic heterocycles. The summed E-state index contributed by atoms with van der Waals surface area (Å²) in [6.07, 6.45) is 2.09. The second kappa shape index (κ2) is 3.47. The van der Waals surface area contributed by atoms with Crippen LogP contribution in [-0.4, -0.2) is 34.3 Å². The first-order valence-corrected chi connectivity index (χ1v) is 6.02. The Morgan fingerprint density at radius 3 is 2.38 bits per heavy atom. The van der Waals surface area contributed by atoms with Gasteiger partial charge in [-0.3, -0.25) is 9.59 Å². The maximum absolute atomic E-state index is 12.4. The molecule has 4 heteroatoms. The van der Waals surface area contributed by atoms with Gasteiger partial charge in [0.1, 0.15) is 11.6 Å². The van der Waals surface area contributed by atoms with Crippen molar-refractivity contribution in [3.63, 3.8) is 0 Å². The molecule has 2 amide bonds. The van der Waals surface area contributed by atoms with Gasteiger partial charge >= 0.3 is 0 Å². The van der Waals surface area contributed by atoms with Crippen molar-refractivity contribution in [2.75, 3.05) is 0 Å². The van der Waals surface area contributed by atoms with Crippen LogP contribution in [0.25, 0.3) is 0 Å². The van der Waals surface area contributed by atoms with Crippen LogP contribution in [0.5, 0.6) is 0 Å². The van der Waals surface area contributed by atoms with E-state index in [1.165, 1.54) is 0 Å². The van der Waals surface area contributed by atoms with Crippen LogP contribution in [0.2, 0.25) is 0 Å². The molecule has 1 aliphatic heterocycles. The van der Waals surface area contributed by atoms with Crippen LogP contribution >= 0.6 is 0 Å². The Morgan fingerprint density at radius 1 is 1.38 bits per heavy atom. The average molecular weight is 224 g/mol. The lowest BCUT2D eigenvalue weighted by Crippen LogP contribution is -2.70. The summed E-state index contributed by atoms with van der Waals surface area (Å²) in [4.78, 5) is 26.1. The van der Waals surface area contributed by atoms with Gasteiger partial charge < -0.3 is 10.2 Å². The van der Waals surface area contributed by atoms with Crippen LogP contribution in [0, 0.1) is 5.92 Å². The van der Waals surface area contributed by atoms with Crippen LogP contribution < -0.4 is 5.32 Å². The van der Waals surface area contributed by atoms with E-state index in [2.05, 4.69) is 5.32 Å². The number of carbonyl (C=O) groups excluding carboxylic acids is 2. The molecule has 1 aliphatic carbocycles. The first kappa shape index (κ1) is 11.4. The molecule has 0 aromatic carbocycles. The molecule has 2 fully saturated rings. The lowest BCUT2D eigenvalue weighted by molar-refractivity contribution is -0.156. The molecule has 2 atom stereocenters. The Morgan fingerprint density at radius 2 is 1.94 bits per heavy atom. The second-order valence-corrected chi connectivity index (χ2v) is 5.45. The maximum atomic E-state index is 12.4. The van der Waals surface area contributed by atoms with Gasteiger partial charge in [0.15, 0.2) is 0 Å². The third kappa shape index (κ3) is 1.51. The molecule has 1 heterocycles. The average Bonchev–Trinajstić information content (AvgIpc) is 2.97. The van der Waals surface area contributed by atoms with Crippen LogP contribution in [0.1, 0.15) is 40.5 Å². The number of nitrogens with zero attached hydrogens (tertiary/aromatic N) is 1. The van der Waals surface area contributed by atoms with Gasteiger partial charge in [0.25, 0.3) is 0 Å². The second-order valence-electron chi connectivity index (χ2n) is 5.45. The van der Waals surface area contributed by atoms with E-state index >= 15 is 0 Å². The number of carbonyl (C=O) groups is 2. The van der Waals surface area contributed by atoms with E-state index in [9.17, 15) is 9.59 Å². The minimum atomic E-state index is -0.659. The van der Waals surface area contributed by atoms with Crippen molar-refractivity contribution < 1.29 is 9.59 Å². The lowest BCUT2D eigenvalue weighted by Gasteiger charge is -2.45. The summed E-state index contributed by atoms with van der Waals surface area (Å²) in [5.74, 6) is 0.387. The first-order valence-electron chi connectivity index (χ1n) is 6.02. The first-order chi connectivity index (χ1) is 7.38. The smallest absolute Gasteiger partial charge is 0.249 e. The van der Waals surface area contributed by atoms with Crippen LogP contribution in [0.3, 0.4) is 0 Å². The summed E-state index contributed by atoms with van der Waals surface area (Å²) in [7, 11) is 0. The summed E-state index contributed by atoms with van der Waals surface area (Å²) in [5.41, 5.74) is -0.659. The fourth-order valence-electron chi connectivity index (χ4n) is 2.60. The monoisotopic (exact) mass is 224 g/mol. The molecule has 0 radical (unpaired) electrons. The van der Waals surface area contributed by atoms with Gasteiger partial charge in [0.05, 0.1) is 0 Å². The number of hydrogen-bond donors (Lipinski definition) is 1. The highest BCUT2D eigenvalue weighted by molar-refractivity contribution is 6.00. The van der Waals surface area contributed by atoms with Crippen molar-refractivity contribution in [2.45, 2.75) is 58.2 Å². The predicted octanol–water partition coefficient (Wildman–Crippen LogP) is 0.910. The van der Waals surface area contributed by atoms with E-state index < -0.39 is 5.54 Å². The van der Waals surface area contributed by atoms with E-state index in [1.54, 1.807) is 11.8 Å². The highest BCUT2D eigenvalue weighted by atomic mass is 16.2. The Kier molecular flexibility index (Phi) is 2.48. The zero-order valence-corrected chi connectivity index (χ0v) is 10.4. The Labute approximate surface area is 96.4 Å². The summed E-state index contributed by atoms with van der Waals surface area (Å²) < 4.78 is 0. The molecule has 1 saturated heterocycles. The van der Waals surface area contributed by atoms with E-state index in [-0.39, 0.29) is 23.9 Å². The standard InChI is InChI=1S/C12H20N2O2/c1-7(2)14-8(3)10(15)13-12(4,11(14)16)9-5-6-9/h7-9H,5-6H2,1-4H3,(H,13,15). The number of rotatable bonds is 2. The molecule has 0 bridgehead atoms. The van der Waals surface area contributed by atoms with Gasteiger partial charge in [-0.15, -0.1) is 0 Å². The number of amides is 2. The lowest BCUT2D eigenvalue weighted by atomic mass is 9.89. The van der Waals surface area contributed by atoms with Crippen LogP contribution in [-0.2, 0) is 9.59 Å². The zero-order valence-electron chi connectivity index (χ0n) is 10.4. The fourth-order valence-corrected chi connectivity index (χ4v) is 2.60. The van der Waals surface area contributed by atoms with Crippen molar-refractivity contribution >= 4 is 11.8 Å². The maximum Gasteiger partial charge on any atom is 0.249 e. The molecular formula is C12H20N2O2. The van der Waals surface area contributed by atoms with Gasteiger partial charge in [-0.05, 0) is 46.5 Å². The van der Waals surface area contributed by atoms with E-state index in [0.29, 0.717) is 5.92 Å². The van der Waals surface area contributed by atoms with Crippen molar-refractivity contribution in [1.82, 2.24) is 10.2 Å². The van der Waals surface area contributed by atoms with Gasteiger partial charge in [0.2, 0.25) is 11.8 Å². The topological polar surface area (TPSA) is 49.4 Å². The van der Waals surface area contributed by atoms with E-state index in [0.717, 1.165) is 12.8 Å². The predicted molar refractivity (Wildman–Crippen MR) is 60.7 cm³/mol. The quantitative estimate of drug-likeness (QED) is 0.758. The Balaban J connectivity index is 2.31. The van der Waals surface area contributed by atoms with Crippen LogP contribution in [0.4, 0.5) is 0 Å². The SMILES string of the molecule is CC(C)N1C(=O)C(C)(C2CC2)NC(=O)C1C. The highest BCUT2D eigenvalue weighted by Crippen LogP contribution is 2.42. The molecule has 2 aliphatic rings. The van der Waals surface area contributed by atoms with Crippen molar-refractivity contribution in [2.24, 2.45) is 5.92 Å². The third-order valence-electron chi connectivity index (χ3n) is 3.81. The van der Waals surface area contributed by atoms with Gasteiger partial charge in [-0.1, -0.05) is 0 Å². The Hall–Kier alpha value is -1.06. The number of nitrogens with one attached hydrogen (secondary N) is 1. The molecular weight excluding hydrogens is 204 g/mol. The number of hydrogen-bond acceptors (Lipinski definition) is 2.